The van der Waals surface area contributed by atoms with Crippen molar-refractivity contribution in [3.8, 4) is 5.75 Å². The molecule has 6 heteroatoms. The lowest BCUT2D eigenvalue weighted by Crippen LogP contribution is -2.42. The number of likely N-dealkylation sites (tertiary alicyclic amines) is 1. The van der Waals surface area contributed by atoms with E-state index in [-0.39, 0.29) is 11.9 Å². The molecule has 22 heavy (non-hydrogen) atoms. The monoisotopic (exact) mass is 388 g/mol. The molecule has 0 spiro atoms. The fourth-order valence-electron chi connectivity index (χ4n) is 2.67. The van der Waals surface area contributed by atoms with Crippen molar-refractivity contribution in [2.45, 2.75) is 32.2 Å². The number of piperidine rings is 1. The van der Waals surface area contributed by atoms with Crippen LogP contribution in [0.3, 0.4) is 0 Å². The van der Waals surface area contributed by atoms with Gasteiger partial charge in [-0.1, -0.05) is 11.6 Å². The summed E-state index contributed by atoms with van der Waals surface area (Å²) < 4.78 is 6.44. The minimum Gasteiger partial charge on any atom is -0.492 e. The largest absolute Gasteiger partial charge is 0.492 e. The summed E-state index contributed by atoms with van der Waals surface area (Å²) >= 11 is 9.28. The molecular formula is C16H22BrClN2O2. The Morgan fingerprint density at radius 3 is 2.77 bits per heavy atom. The van der Waals surface area contributed by atoms with Crippen molar-refractivity contribution in [2.75, 3.05) is 19.7 Å². The van der Waals surface area contributed by atoms with Crippen molar-refractivity contribution in [1.82, 2.24) is 4.90 Å². The normalized spacial score (nSPS) is 17.4. The molecule has 2 rings (SSSR count). The van der Waals surface area contributed by atoms with Crippen molar-refractivity contribution < 1.29 is 9.53 Å². The molecule has 4 nitrogen and oxygen atoms in total. The first-order chi connectivity index (χ1) is 10.5. The average Bonchev–Trinajstić information content (AvgIpc) is 2.49. The van der Waals surface area contributed by atoms with Crippen LogP contribution < -0.4 is 10.5 Å². The molecule has 0 bridgehead atoms. The Hall–Kier alpha value is -0.780. The molecule has 1 amide bonds. The van der Waals surface area contributed by atoms with E-state index in [2.05, 4.69) is 15.9 Å². The van der Waals surface area contributed by atoms with E-state index in [1.165, 1.54) is 0 Å². The first kappa shape index (κ1) is 17.6. The number of hydrogen-bond donors (Lipinski definition) is 1. The number of hydrogen-bond acceptors (Lipinski definition) is 3. The molecule has 2 N–H and O–H groups in total. The fraction of sp³-hybridized carbons (Fsp3) is 0.562. The standard InChI is InChI=1S/C16H22BrClN2O2/c1-11(19)12-4-7-20(8-5-12)16(21)6-9-22-15-3-2-13(18)10-14(15)17/h2-3,10-12H,4-9,19H2,1H3. The molecule has 1 aromatic carbocycles. The highest BCUT2D eigenvalue weighted by Crippen LogP contribution is 2.28. The number of benzene rings is 1. The van der Waals surface area contributed by atoms with Crippen LogP contribution in [0.25, 0.3) is 0 Å². The minimum absolute atomic E-state index is 0.146. The molecule has 0 radical (unpaired) electrons. The van der Waals surface area contributed by atoms with Crippen LogP contribution in [0.2, 0.25) is 5.02 Å². The van der Waals surface area contributed by atoms with Gasteiger partial charge < -0.3 is 15.4 Å². The fourth-order valence-corrected chi connectivity index (χ4v) is 3.47. The highest BCUT2D eigenvalue weighted by Gasteiger charge is 2.24. The summed E-state index contributed by atoms with van der Waals surface area (Å²) in [6.07, 6.45) is 2.37. The Morgan fingerprint density at radius 1 is 1.50 bits per heavy atom. The van der Waals surface area contributed by atoms with E-state index in [9.17, 15) is 4.79 Å². The van der Waals surface area contributed by atoms with Gasteiger partial charge in [0.05, 0.1) is 17.5 Å². The predicted molar refractivity (Wildman–Crippen MR) is 92.2 cm³/mol. The van der Waals surface area contributed by atoms with Crippen LogP contribution in [0.1, 0.15) is 26.2 Å². The number of rotatable bonds is 5. The first-order valence-electron chi connectivity index (χ1n) is 7.58. The quantitative estimate of drug-likeness (QED) is 0.839. The third-order valence-electron chi connectivity index (χ3n) is 4.10. The zero-order valence-electron chi connectivity index (χ0n) is 12.7. The summed E-state index contributed by atoms with van der Waals surface area (Å²) in [6, 6.07) is 5.55. The van der Waals surface area contributed by atoms with E-state index in [1.54, 1.807) is 18.2 Å². The second-order valence-corrected chi connectivity index (χ2v) is 7.04. The highest BCUT2D eigenvalue weighted by atomic mass is 79.9. The lowest BCUT2D eigenvalue weighted by atomic mass is 9.91. The molecule has 0 saturated carbocycles. The molecule has 1 fully saturated rings. The van der Waals surface area contributed by atoms with Gasteiger partial charge in [-0.2, -0.15) is 0 Å². The molecular weight excluding hydrogens is 368 g/mol. The SMILES string of the molecule is CC(N)C1CCN(C(=O)CCOc2ccc(Cl)cc2Br)CC1. The second kappa shape index (κ2) is 8.18. The summed E-state index contributed by atoms with van der Waals surface area (Å²) in [5, 5.41) is 0.646. The van der Waals surface area contributed by atoms with E-state index < -0.39 is 0 Å². The number of carbonyl (C=O) groups is 1. The minimum atomic E-state index is 0.146. The van der Waals surface area contributed by atoms with E-state index in [1.807, 2.05) is 11.8 Å². The molecule has 1 saturated heterocycles. The van der Waals surface area contributed by atoms with Crippen molar-refractivity contribution in [3.63, 3.8) is 0 Å². The smallest absolute Gasteiger partial charge is 0.225 e. The molecule has 1 aliphatic heterocycles. The third kappa shape index (κ3) is 4.86. The van der Waals surface area contributed by atoms with Crippen LogP contribution in [0.4, 0.5) is 0 Å². The van der Waals surface area contributed by atoms with E-state index >= 15 is 0 Å². The summed E-state index contributed by atoms with van der Waals surface area (Å²) in [7, 11) is 0. The highest BCUT2D eigenvalue weighted by molar-refractivity contribution is 9.10. The van der Waals surface area contributed by atoms with Crippen molar-refractivity contribution >= 4 is 33.4 Å². The van der Waals surface area contributed by atoms with Gasteiger partial charge in [0.15, 0.2) is 0 Å². The Balaban J connectivity index is 1.74. The number of nitrogens with two attached hydrogens (primary N) is 1. The van der Waals surface area contributed by atoms with E-state index in [4.69, 9.17) is 22.1 Å². The summed E-state index contributed by atoms with van der Waals surface area (Å²) in [4.78, 5) is 14.1. The summed E-state index contributed by atoms with van der Waals surface area (Å²) in [6.45, 7) is 4.01. The molecule has 122 valence electrons. The zero-order valence-corrected chi connectivity index (χ0v) is 15.1. The Labute approximate surface area is 145 Å². The molecule has 1 atom stereocenters. The maximum atomic E-state index is 12.2. The molecule has 1 aliphatic rings. The van der Waals surface area contributed by atoms with Gasteiger partial charge in [0, 0.05) is 24.2 Å². The molecule has 0 aliphatic carbocycles. The van der Waals surface area contributed by atoms with Crippen molar-refractivity contribution in [2.24, 2.45) is 11.7 Å². The zero-order chi connectivity index (χ0) is 16.1. The van der Waals surface area contributed by atoms with Crippen LogP contribution >= 0.6 is 27.5 Å². The predicted octanol–water partition coefficient (Wildman–Crippen LogP) is 3.46. The lowest BCUT2D eigenvalue weighted by Gasteiger charge is -2.33. The second-order valence-electron chi connectivity index (χ2n) is 5.75. The van der Waals surface area contributed by atoms with Crippen LogP contribution in [-0.2, 0) is 4.79 Å². The Bertz CT molecular complexity index is 517. The van der Waals surface area contributed by atoms with Gasteiger partial charge in [0.1, 0.15) is 5.75 Å². The van der Waals surface area contributed by atoms with Crippen LogP contribution in [0, 0.1) is 5.92 Å². The molecule has 0 aromatic heterocycles. The van der Waals surface area contributed by atoms with Gasteiger partial charge >= 0.3 is 0 Å². The van der Waals surface area contributed by atoms with Gasteiger partial charge in [0.25, 0.3) is 0 Å². The number of amides is 1. The number of carbonyl (C=O) groups excluding carboxylic acids is 1. The van der Waals surface area contributed by atoms with Gasteiger partial charge in [-0.3, -0.25) is 4.79 Å². The Kier molecular flexibility index (Phi) is 6.53. The van der Waals surface area contributed by atoms with Gasteiger partial charge in [-0.25, -0.2) is 0 Å². The first-order valence-corrected chi connectivity index (χ1v) is 8.75. The van der Waals surface area contributed by atoms with E-state index in [0.29, 0.717) is 29.7 Å². The van der Waals surface area contributed by atoms with Crippen LogP contribution in [0.15, 0.2) is 22.7 Å². The number of halogens is 2. The molecule has 1 aromatic rings. The Morgan fingerprint density at radius 2 is 2.18 bits per heavy atom. The van der Waals surface area contributed by atoms with Gasteiger partial charge in [-0.05, 0) is 59.8 Å². The molecule has 1 heterocycles. The topological polar surface area (TPSA) is 55.6 Å². The van der Waals surface area contributed by atoms with Crippen molar-refractivity contribution in [3.05, 3.63) is 27.7 Å². The van der Waals surface area contributed by atoms with Crippen molar-refractivity contribution in [1.29, 1.82) is 0 Å². The van der Waals surface area contributed by atoms with Gasteiger partial charge in [0.2, 0.25) is 5.91 Å². The molecule has 1 unspecified atom stereocenters. The maximum Gasteiger partial charge on any atom is 0.225 e. The average molecular weight is 390 g/mol. The number of ether oxygens (including phenoxy) is 1. The number of nitrogens with zero attached hydrogens (tertiary/aromatic N) is 1. The van der Waals surface area contributed by atoms with Gasteiger partial charge in [-0.15, -0.1) is 0 Å². The summed E-state index contributed by atoms with van der Waals surface area (Å²) in [5.74, 6) is 1.38. The third-order valence-corrected chi connectivity index (χ3v) is 4.96. The maximum absolute atomic E-state index is 12.2. The lowest BCUT2D eigenvalue weighted by molar-refractivity contribution is -0.133. The van der Waals surface area contributed by atoms with Crippen LogP contribution in [-0.4, -0.2) is 36.5 Å². The van der Waals surface area contributed by atoms with E-state index in [0.717, 1.165) is 30.4 Å². The van der Waals surface area contributed by atoms with Crippen LogP contribution in [0.5, 0.6) is 5.75 Å². The summed E-state index contributed by atoms with van der Waals surface area (Å²) in [5.41, 5.74) is 5.92.